The third kappa shape index (κ3) is 3.40. The van der Waals surface area contributed by atoms with Crippen LogP contribution in [0.5, 0.6) is 5.75 Å². The highest BCUT2D eigenvalue weighted by Crippen LogP contribution is 2.35. The van der Waals surface area contributed by atoms with Crippen LogP contribution in [0.25, 0.3) is 11.1 Å². The number of hydrogen-bond acceptors (Lipinski definition) is 1. The summed E-state index contributed by atoms with van der Waals surface area (Å²) in [4.78, 5) is 0. The summed E-state index contributed by atoms with van der Waals surface area (Å²) < 4.78 is 20.9. The Hall–Kier alpha value is -1.35. The first-order valence-electron chi connectivity index (χ1n) is 6.79. The van der Waals surface area contributed by atoms with Crippen LogP contribution >= 0.6 is 15.9 Å². The Bertz CT molecular complexity index is 569. The maximum absolute atomic E-state index is 14.6. The second-order valence-corrected chi connectivity index (χ2v) is 5.78. The summed E-state index contributed by atoms with van der Waals surface area (Å²) in [6.45, 7) is 4.71. The molecule has 0 fully saturated rings. The van der Waals surface area contributed by atoms with E-state index in [1.165, 1.54) is 0 Å². The highest BCUT2D eigenvalue weighted by atomic mass is 79.9. The van der Waals surface area contributed by atoms with Gasteiger partial charge in [-0.2, -0.15) is 0 Å². The molecule has 3 heteroatoms. The smallest absolute Gasteiger partial charge is 0.174 e. The van der Waals surface area contributed by atoms with Gasteiger partial charge in [0.15, 0.2) is 11.6 Å². The first kappa shape index (κ1) is 15.0. The highest BCUT2D eigenvalue weighted by molar-refractivity contribution is 9.10. The standard InChI is InChI=1S/C17H18BrFO/c1-3-12(2)11-20-17-15(18)10-9-14(16(17)19)13-7-5-4-6-8-13/h4-10,12H,3,11H2,1-2H3. The highest BCUT2D eigenvalue weighted by Gasteiger charge is 2.15. The lowest BCUT2D eigenvalue weighted by molar-refractivity contribution is 0.245. The van der Waals surface area contributed by atoms with E-state index in [0.29, 0.717) is 28.3 Å². The van der Waals surface area contributed by atoms with Crippen LogP contribution in [0.3, 0.4) is 0 Å². The van der Waals surface area contributed by atoms with E-state index in [1.54, 1.807) is 6.07 Å². The molecule has 0 aliphatic heterocycles. The Morgan fingerprint density at radius 3 is 2.50 bits per heavy atom. The zero-order chi connectivity index (χ0) is 14.5. The molecule has 106 valence electrons. The Morgan fingerprint density at radius 2 is 1.85 bits per heavy atom. The normalized spacial score (nSPS) is 12.2. The molecule has 0 saturated carbocycles. The van der Waals surface area contributed by atoms with Gasteiger partial charge in [0.1, 0.15) is 0 Å². The Kier molecular flexibility index (Phi) is 5.18. The average Bonchev–Trinajstić information content (AvgIpc) is 2.47. The van der Waals surface area contributed by atoms with E-state index in [4.69, 9.17) is 4.74 Å². The number of hydrogen-bond donors (Lipinski definition) is 0. The molecule has 1 nitrogen and oxygen atoms in total. The quantitative estimate of drug-likeness (QED) is 0.682. The van der Waals surface area contributed by atoms with Crippen molar-refractivity contribution in [2.45, 2.75) is 20.3 Å². The SMILES string of the molecule is CCC(C)COc1c(Br)ccc(-c2ccccc2)c1F. The largest absolute Gasteiger partial charge is 0.489 e. The molecule has 0 radical (unpaired) electrons. The van der Waals surface area contributed by atoms with Gasteiger partial charge >= 0.3 is 0 Å². The summed E-state index contributed by atoms with van der Waals surface area (Å²) in [6.07, 6.45) is 1.01. The van der Waals surface area contributed by atoms with Crippen molar-refractivity contribution < 1.29 is 9.13 Å². The van der Waals surface area contributed by atoms with Crippen molar-refractivity contribution in [3.8, 4) is 16.9 Å². The third-order valence-corrected chi connectivity index (χ3v) is 3.97. The number of rotatable bonds is 5. The topological polar surface area (TPSA) is 9.23 Å². The number of ether oxygens (including phenoxy) is 1. The van der Waals surface area contributed by atoms with E-state index >= 15 is 0 Å². The molecule has 2 aromatic carbocycles. The fraction of sp³-hybridized carbons (Fsp3) is 0.294. The molecule has 0 aromatic heterocycles. The maximum atomic E-state index is 14.6. The van der Waals surface area contributed by atoms with Crippen molar-refractivity contribution in [2.75, 3.05) is 6.61 Å². The van der Waals surface area contributed by atoms with E-state index in [9.17, 15) is 4.39 Å². The van der Waals surface area contributed by atoms with Crippen molar-refractivity contribution in [3.63, 3.8) is 0 Å². The summed E-state index contributed by atoms with van der Waals surface area (Å²) in [5.74, 6) is 0.391. The third-order valence-electron chi connectivity index (χ3n) is 3.34. The molecule has 2 rings (SSSR count). The average molecular weight is 337 g/mol. The molecule has 0 aliphatic rings. The zero-order valence-corrected chi connectivity index (χ0v) is 13.3. The van der Waals surface area contributed by atoms with Gasteiger partial charge in [-0.05, 0) is 33.5 Å². The van der Waals surface area contributed by atoms with E-state index in [-0.39, 0.29) is 5.82 Å². The summed E-state index contributed by atoms with van der Waals surface area (Å²) in [6, 6.07) is 13.1. The lowest BCUT2D eigenvalue weighted by Crippen LogP contribution is -2.09. The van der Waals surface area contributed by atoms with Gasteiger partial charge in [0.05, 0.1) is 11.1 Å². The van der Waals surface area contributed by atoms with Crippen LogP contribution in [-0.2, 0) is 0 Å². The molecule has 1 unspecified atom stereocenters. The van der Waals surface area contributed by atoms with Crippen molar-refractivity contribution >= 4 is 15.9 Å². The van der Waals surface area contributed by atoms with Crippen LogP contribution < -0.4 is 4.74 Å². The molecule has 0 spiro atoms. The van der Waals surface area contributed by atoms with Gasteiger partial charge in [-0.15, -0.1) is 0 Å². The Labute approximate surface area is 127 Å². The van der Waals surface area contributed by atoms with Crippen LogP contribution in [0, 0.1) is 11.7 Å². The fourth-order valence-electron chi connectivity index (χ4n) is 1.85. The first-order valence-corrected chi connectivity index (χ1v) is 7.59. The van der Waals surface area contributed by atoms with Crippen molar-refractivity contribution in [2.24, 2.45) is 5.92 Å². The van der Waals surface area contributed by atoms with Crippen molar-refractivity contribution in [3.05, 3.63) is 52.8 Å². The zero-order valence-electron chi connectivity index (χ0n) is 11.7. The Morgan fingerprint density at radius 1 is 1.15 bits per heavy atom. The maximum Gasteiger partial charge on any atom is 0.174 e. The van der Waals surface area contributed by atoms with Crippen LogP contribution in [0.1, 0.15) is 20.3 Å². The molecular weight excluding hydrogens is 319 g/mol. The van der Waals surface area contributed by atoms with Gasteiger partial charge in [0.25, 0.3) is 0 Å². The van der Waals surface area contributed by atoms with E-state index in [2.05, 4.69) is 29.8 Å². The molecule has 0 heterocycles. The van der Waals surface area contributed by atoms with E-state index in [1.807, 2.05) is 36.4 Å². The molecule has 0 bridgehead atoms. The van der Waals surface area contributed by atoms with Crippen molar-refractivity contribution in [1.82, 2.24) is 0 Å². The molecule has 1 atom stereocenters. The predicted molar refractivity (Wildman–Crippen MR) is 84.5 cm³/mol. The second kappa shape index (κ2) is 6.89. The Balaban J connectivity index is 2.33. The summed E-state index contributed by atoms with van der Waals surface area (Å²) >= 11 is 3.36. The minimum Gasteiger partial charge on any atom is -0.489 e. The van der Waals surface area contributed by atoms with Gasteiger partial charge in [-0.1, -0.05) is 56.7 Å². The van der Waals surface area contributed by atoms with Crippen LogP contribution in [0.15, 0.2) is 46.9 Å². The summed E-state index contributed by atoms with van der Waals surface area (Å²) in [5.41, 5.74) is 1.42. The van der Waals surface area contributed by atoms with Crippen molar-refractivity contribution in [1.29, 1.82) is 0 Å². The van der Waals surface area contributed by atoms with Crippen LogP contribution in [0.4, 0.5) is 4.39 Å². The lowest BCUT2D eigenvalue weighted by Gasteiger charge is -2.15. The summed E-state index contributed by atoms with van der Waals surface area (Å²) in [5, 5.41) is 0. The van der Waals surface area contributed by atoms with E-state index in [0.717, 1.165) is 12.0 Å². The molecular formula is C17H18BrFO. The van der Waals surface area contributed by atoms with Crippen LogP contribution in [0.2, 0.25) is 0 Å². The minimum atomic E-state index is -0.311. The van der Waals surface area contributed by atoms with Gasteiger partial charge < -0.3 is 4.74 Å². The first-order chi connectivity index (χ1) is 9.63. The molecule has 20 heavy (non-hydrogen) atoms. The molecule has 0 N–H and O–H groups in total. The van der Waals surface area contributed by atoms with Gasteiger partial charge in [-0.25, -0.2) is 4.39 Å². The van der Waals surface area contributed by atoms with Gasteiger partial charge in [-0.3, -0.25) is 0 Å². The number of benzene rings is 2. The predicted octanol–water partition coefficient (Wildman–Crippen LogP) is 5.68. The molecule has 0 saturated heterocycles. The van der Waals surface area contributed by atoms with Crippen LogP contribution in [-0.4, -0.2) is 6.61 Å². The van der Waals surface area contributed by atoms with Gasteiger partial charge in [0, 0.05) is 5.56 Å². The molecule has 0 amide bonds. The van der Waals surface area contributed by atoms with Gasteiger partial charge in [0.2, 0.25) is 0 Å². The molecule has 0 aliphatic carbocycles. The monoisotopic (exact) mass is 336 g/mol. The summed E-state index contributed by atoms with van der Waals surface area (Å²) in [7, 11) is 0. The number of halogens is 2. The molecule has 2 aromatic rings. The van der Waals surface area contributed by atoms with E-state index < -0.39 is 0 Å². The fourth-order valence-corrected chi connectivity index (χ4v) is 2.27. The lowest BCUT2D eigenvalue weighted by atomic mass is 10.0. The second-order valence-electron chi connectivity index (χ2n) is 4.93. The minimum absolute atomic E-state index is 0.298.